The number of hydrogen-bond donors (Lipinski definition) is 2. The van der Waals surface area contributed by atoms with E-state index in [9.17, 15) is 9.90 Å². The van der Waals surface area contributed by atoms with Crippen molar-refractivity contribution < 1.29 is 19.8 Å². The third-order valence-corrected chi connectivity index (χ3v) is 4.07. The highest BCUT2D eigenvalue weighted by Crippen LogP contribution is 2.23. The van der Waals surface area contributed by atoms with Crippen molar-refractivity contribution in [3.05, 3.63) is 35.9 Å². The number of likely N-dealkylation sites (tertiary alicyclic amines) is 1. The van der Waals surface area contributed by atoms with Crippen LogP contribution < -0.4 is 5.73 Å². The van der Waals surface area contributed by atoms with E-state index >= 15 is 0 Å². The van der Waals surface area contributed by atoms with Crippen LogP contribution in [0.3, 0.4) is 0 Å². The van der Waals surface area contributed by atoms with E-state index < -0.39 is 5.60 Å². The van der Waals surface area contributed by atoms with Crippen LogP contribution in [-0.2, 0) is 21.2 Å². The lowest BCUT2D eigenvalue weighted by Crippen LogP contribution is -2.52. The molecule has 1 aliphatic heterocycles. The van der Waals surface area contributed by atoms with Crippen LogP contribution in [0.25, 0.3) is 0 Å². The van der Waals surface area contributed by atoms with Crippen molar-refractivity contribution in [2.75, 3.05) is 19.7 Å². The van der Waals surface area contributed by atoms with Gasteiger partial charge in [-0.05, 0) is 5.56 Å². The Morgan fingerprint density at radius 2 is 1.96 bits per heavy atom. The summed E-state index contributed by atoms with van der Waals surface area (Å²) in [7, 11) is 0. The molecular weight excluding hydrogens is 298 g/mol. The van der Waals surface area contributed by atoms with Gasteiger partial charge in [-0.2, -0.15) is 0 Å². The molecule has 1 aliphatic rings. The molecule has 23 heavy (non-hydrogen) atoms. The molecule has 3 N–H and O–H groups in total. The molecule has 1 heterocycles. The van der Waals surface area contributed by atoms with Gasteiger partial charge in [0.05, 0.1) is 19.6 Å². The summed E-state index contributed by atoms with van der Waals surface area (Å²) in [6.07, 6.45) is 0.585. The quantitative estimate of drug-likeness (QED) is 0.269. The molecule has 0 saturated carbocycles. The number of amidine groups is 1. The molecule has 0 aromatic heterocycles. The Labute approximate surface area is 135 Å². The van der Waals surface area contributed by atoms with Gasteiger partial charge in [-0.25, -0.2) is 5.11 Å². The zero-order chi connectivity index (χ0) is 16.7. The van der Waals surface area contributed by atoms with E-state index in [4.69, 9.17) is 15.7 Å². The number of carbonyl (C=O) groups excluding carboxylic acids is 1. The molecule has 2 rings (SSSR count). The normalized spacial score (nSPS) is 18.0. The van der Waals surface area contributed by atoms with E-state index in [0.717, 1.165) is 5.56 Å². The first-order valence-corrected chi connectivity index (χ1v) is 7.63. The van der Waals surface area contributed by atoms with Gasteiger partial charge in [0.25, 0.3) is 0 Å². The number of nitrogens with zero attached hydrogens (tertiary/aromatic N) is 2. The number of amides is 1. The molecular formula is C16H22N3O4. The van der Waals surface area contributed by atoms with E-state index in [1.807, 2.05) is 30.3 Å². The van der Waals surface area contributed by atoms with Crippen LogP contribution in [0.5, 0.6) is 0 Å². The highest BCUT2D eigenvalue weighted by Gasteiger charge is 2.39. The molecule has 1 amide bonds. The zero-order valence-corrected chi connectivity index (χ0v) is 13.0. The van der Waals surface area contributed by atoms with Crippen molar-refractivity contribution in [3.8, 4) is 0 Å². The molecule has 1 aromatic rings. The summed E-state index contributed by atoms with van der Waals surface area (Å²) in [5, 5.41) is 23.7. The van der Waals surface area contributed by atoms with Gasteiger partial charge in [-0.15, -0.1) is 0 Å². The van der Waals surface area contributed by atoms with Crippen molar-refractivity contribution in [1.29, 1.82) is 0 Å². The second-order valence-corrected chi connectivity index (χ2v) is 5.65. The van der Waals surface area contributed by atoms with Gasteiger partial charge in [-0.3, -0.25) is 4.79 Å². The molecule has 7 heteroatoms. The van der Waals surface area contributed by atoms with E-state index in [0.29, 0.717) is 26.3 Å². The highest BCUT2D eigenvalue weighted by molar-refractivity contribution is 5.88. The average molecular weight is 320 g/mol. The minimum atomic E-state index is -1.57. The number of oxime groups is 1. The van der Waals surface area contributed by atoms with Crippen molar-refractivity contribution in [3.63, 3.8) is 0 Å². The average Bonchev–Trinajstić information content (AvgIpc) is 2.59. The maximum absolute atomic E-state index is 12.3. The lowest BCUT2D eigenvalue weighted by atomic mass is 9.90. The highest BCUT2D eigenvalue weighted by atomic mass is 16.5. The van der Waals surface area contributed by atoms with Gasteiger partial charge >= 0.3 is 0 Å². The fraction of sp³-hybridized carbons (Fsp3) is 0.500. The SMILES string of the molecule is NC(=NO)C1([O])CCN(C(=O)CCOCc2ccccc2)CC1. The van der Waals surface area contributed by atoms with Gasteiger partial charge in [0.15, 0.2) is 11.4 Å². The molecule has 1 saturated heterocycles. The van der Waals surface area contributed by atoms with Crippen LogP contribution in [0.4, 0.5) is 0 Å². The van der Waals surface area contributed by atoms with Crippen molar-refractivity contribution in [2.24, 2.45) is 10.9 Å². The summed E-state index contributed by atoms with van der Waals surface area (Å²) in [6.45, 7) is 1.45. The number of hydrogen-bond acceptors (Lipinski definition) is 4. The first kappa shape index (κ1) is 17.2. The van der Waals surface area contributed by atoms with Gasteiger partial charge in [-0.1, -0.05) is 35.5 Å². The Hall–Kier alpha value is -2.12. The van der Waals surface area contributed by atoms with Crippen LogP contribution >= 0.6 is 0 Å². The van der Waals surface area contributed by atoms with Gasteiger partial charge in [0.1, 0.15) is 0 Å². The Morgan fingerprint density at radius 3 is 2.57 bits per heavy atom. The second-order valence-electron chi connectivity index (χ2n) is 5.65. The summed E-state index contributed by atoms with van der Waals surface area (Å²) in [5.74, 6) is -0.351. The molecule has 0 atom stereocenters. The van der Waals surface area contributed by atoms with Crippen molar-refractivity contribution in [1.82, 2.24) is 4.90 Å². The van der Waals surface area contributed by atoms with Gasteiger partial charge < -0.3 is 20.6 Å². The van der Waals surface area contributed by atoms with Crippen LogP contribution in [0, 0.1) is 0 Å². The third kappa shape index (κ3) is 4.67. The monoisotopic (exact) mass is 320 g/mol. The van der Waals surface area contributed by atoms with Gasteiger partial charge in [0, 0.05) is 25.9 Å². The number of piperidine rings is 1. The maximum atomic E-state index is 12.3. The minimum absolute atomic E-state index is 0.0420. The summed E-state index contributed by atoms with van der Waals surface area (Å²) in [5.41, 5.74) is 4.91. The van der Waals surface area contributed by atoms with Crippen LogP contribution in [0.1, 0.15) is 24.8 Å². The fourth-order valence-electron chi connectivity index (χ4n) is 2.55. The molecule has 0 bridgehead atoms. The predicted molar refractivity (Wildman–Crippen MR) is 83.4 cm³/mol. The van der Waals surface area contributed by atoms with E-state index in [1.54, 1.807) is 4.90 Å². The number of carbonyl (C=O) groups is 1. The third-order valence-electron chi connectivity index (χ3n) is 4.07. The van der Waals surface area contributed by atoms with Gasteiger partial charge in [0.2, 0.25) is 5.91 Å². The minimum Gasteiger partial charge on any atom is -0.409 e. The molecule has 0 unspecified atom stereocenters. The summed E-state index contributed by atoms with van der Waals surface area (Å²) >= 11 is 0. The second kappa shape index (κ2) is 7.94. The molecule has 0 spiro atoms. The standard InChI is InChI=1S/C16H22N3O4/c17-15(18-22)16(21)7-9-19(10-8-16)14(20)6-11-23-12-13-4-2-1-3-5-13/h1-5,22H,6-12H2,(H2,17,18). The molecule has 7 nitrogen and oxygen atoms in total. The van der Waals surface area contributed by atoms with E-state index in [2.05, 4.69) is 5.16 Å². The van der Waals surface area contributed by atoms with Crippen molar-refractivity contribution >= 4 is 11.7 Å². The number of benzene rings is 1. The van der Waals surface area contributed by atoms with Crippen LogP contribution in [0.2, 0.25) is 0 Å². The predicted octanol–water partition coefficient (Wildman–Crippen LogP) is 1.13. The Kier molecular flexibility index (Phi) is 5.95. The molecule has 1 fully saturated rings. The van der Waals surface area contributed by atoms with E-state index in [-0.39, 0.29) is 31.0 Å². The number of ether oxygens (including phenoxy) is 1. The first-order valence-electron chi connectivity index (χ1n) is 7.63. The molecule has 125 valence electrons. The number of nitrogens with two attached hydrogens (primary N) is 1. The van der Waals surface area contributed by atoms with E-state index in [1.165, 1.54) is 0 Å². The Bertz CT molecular complexity index is 540. The van der Waals surface area contributed by atoms with Crippen molar-refractivity contribution in [2.45, 2.75) is 31.5 Å². The largest absolute Gasteiger partial charge is 0.409 e. The fourth-order valence-corrected chi connectivity index (χ4v) is 2.55. The molecule has 0 aliphatic carbocycles. The lowest BCUT2D eigenvalue weighted by Gasteiger charge is -2.35. The van der Waals surface area contributed by atoms with Crippen LogP contribution in [-0.4, -0.2) is 47.1 Å². The zero-order valence-electron chi connectivity index (χ0n) is 13.0. The molecule has 1 aromatic carbocycles. The Balaban J connectivity index is 1.69. The Morgan fingerprint density at radius 1 is 1.30 bits per heavy atom. The summed E-state index contributed by atoms with van der Waals surface area (Å²) in [4.78, 5) is 13.7. The smallest absolute Gasteiger partial charge is 0.224 e. The van der Waals surface area contributed by atoms with Crippen LogP contribution in [0.15, 0.2) is 35.5 Å². The molecule has 1 radical (unpaired) electrons. The summed E-state index contributed by atoms with van der Waals surface area (Å²) in [6, 6.07) is 9.75. The maximum Gasteiger partial charge on any atom is 0.224 e. The lowest BCUT2D eigenvalue weighted by molar-refractivity contribution is -0.136. The topological polar surface area (TPSA) is 108 Å². The summed E-state index contributed by atoms with van der Waals surface area (Å²) < 4.78 is 5.50. The first-order chi connectivity index (χ1) is 11.0. The number of rotatable bonds is 6.